The fourth-order valence-corrected chi connectivity index (χ4v) is 2.70. The predicted octanol–water partition coefficient (Wildman–Crippen LogP) is 5.20. The van der Waals surface area contributed by atoms with E-state index < -0.39 is 0 Å². The second-order valence-corrected chi connectivity index (χ2v) is 6.01. The molecule has 0 saturated heterocycles. The molecule has 0 bridgehead atoms. The number of hydrogen-bond acceptors (Lipinski definition) is 5. The third kappa shape index (κ3) is 4.07. The van der Waals surface area contributed by atoms with E-state index in [0.29, 0.717) is 23.6 Å². The summed E-state index contributed by atoms with van der Waals surface area (Å²) >= 11 is 0. The molecular weight excluding hydrogens is 340 g/mol. The molecule has 1 heterocycles. The summed E-state index contributed by atoms with van der Waals surface area (Å²) in [6.07, 6.45) is 0.350. The van der Waals surface area contributed by atoms with E-state index in [0.717, 1.165) is 17.1 Å². The molecule has 1 unspecified atom stereocenters. The Kier molecular flexibility index (Phi) is 4.71. The molecule has 5 nitrogen and oxygen atoms in total. The lowest BCUT2D eigenvalue weighted by molar-refractivity contribution is 0.0855. The van der Waals surface area contributed by atoms with E-state index in [4.69, 9.17) is 19.6 Å². The fourth-order valence-electron chi connectivity index (χ4n) is 2.70. The van der Waals surface area contributed by atoms with Gasteiger partial charge in [0.25, 0.3) is 0 Å². The summed E-state index contributed by atoms with van der Waals surface area (Å²) in [5, 5.41) is 12.9. The van der Waals surface area contributed by atoms with Crippen LogP contribution >= 0.6 is 0 Å². The molecule has 0 saturated carbocycles. The van der Waals surface area contributed by atoms with E-state index in [-0.39, 0.29) is 6.10 Å². The first-order valence-electron chi connectivity index (χ1n) is 8.54. The number of benzene rings is 3. The Morgan fingerprint density at radius 3 is 2.15 bits per heavy atom. The summed E-state index contributed by atoms with van der Waals surface area (Å²) in [5.41, 5.74) is 1.58. The first-order chi connectivity index (χ1) is 13.3. The minimum absolute atomic E-state index is 0.191. The average molecular weight is 356 g/mol. The van der Waals surface area contributed by atoms with Crippen molar-refractivity contribution in [2.45, 2.75) is 12.5 Å². The standard InChI is InChI=1S/C22H16N2O3/c23-15-16-6-10-20(11-7-16)26-22-14-21(27-24-22)17-8-12-19(13-9-17)25-18-4-2-1-3-5-18/h1-13,21H,14H2. The molecule has 0 spiro atoms. The largest absolute Gasteiger partial charge is 0.457 e. The Morgan fingerprint density at radius 1 is 0.815 bits per heavy atom. The number of nitriles is 1. The predicted molar refractivity (Wildman–Crippen MR) is 101 cm³/mol. The van der Waals surface area contributed by atoms with Crippen LogP contribution in [0.2, 0.25) is 0 Å². The summed E-state index contributed by atoms with van der Waals surface area (Å²) in [6, 6.07) is 26.3. The molecule has 1 aliphatic heterocycles. The Morgan fingerprint density at radius 2 is 1.44 bits per heavy atom. The molecule has 132 valence electrons. The monoisotopic (exact) mass is 356 g/mol. The van der Waals surface area contributed by atoms with E-state index in [1.54, 1.807) is 24.3 Å². The minimum atomic E-state index is -0.191. The second-order valence-electron chi connectivity index (χ2n) is 6.01. The Hall–Kier alpha value is -3.78. The quantitative estimate of drug-likeness (QED) is 0.644. The van der Waals surface area contributed by atoms with Gasteiger partial charge in [0.05, 0.1) is 18.1 Å². The minimum Gasteiger partial charge on any atom is -0.457 e. The number of oxime groups is 1. The van der Waals surface area contributed by atoms with Gasteiger partial charge in [0, 0.05) is 0 Å². The van der Waals surface area contributed by atoms with Crippen LogP contribution < -0.4 is 9.47 Å². The SMILES string of the molecule is N#Cc1ccc(OC2=NOC(c3ccc(Oc4ccccc4)cc3)C2)cc1. The van der Waals surface area contributed by atoms with Gasteiger partial charge in [-0.25, -0.2) is 0 Å². The molecular formula is C22H16N2O3. The van der Waals surface area contributed by atoms with Gasteiger partial charge >= 0.3 is 0 Å². The van der Waals surface area contributed by atoms with Crippen molar-refractivity contribution in [3.63, 3.8) is 0 Å². The van der Waals surface area contributed by atoms with Gasteiger partial charge in [-0.3, -0.25) is 0 Å². The number of hydrogen-bond donors (Lipinski definition) is 0. The normalized spacial score (nSPS) is 15.4. The molecule has 0 N–H and O–H groups in total. The van der Waals surface area contributed by atoms with E-state index in [2.05, 4.69) is 11.2 Å². The average Bonchev–Trinajstić information content (AvgIpc) is 3.18. The summed E-state index contributed by atoms with van der Waals surface area (Å²) in [5.74, 6) is 2.69. The molecule has 27 heavy (non-hydrogen) atoms. The van der Waals surface area contributed by atoms with Gasteiger partial charge in [0.1, 0.15) is 17.2 Å². The Labute approximate surface area is 157 Å². The topological polar surface area (TPSA) is 63.8 Å². The second kappa shape index (κ2) is 7.63. The van der Waals surface area contributed by atoms with Crippen LogP contribution in [0.25, 0.3) is 0 Å². The van der Waals surface area contributed by atoms with Gasteiger partial charge < -0.3 is 14.3 Å². The molecule has 1 atom stereocenters. The Balaban J connectivity index is 1.35. The highest BCUT2D eigenvalue weighted by molar-refractivity contribution is 5.79. The van der Waals surface area contributed by atoms with E-state index in [1.807, 2.05) is 54.6 Å². The maximum atomic E-state index is 8.83. The van der Waals surface area contributed by atoms with Crippen molar-refractivity contribution < 1.29 is 14.3 Å². The van der Waals surface area contributed by atoms with Gasteiger partial charge in [0.15, 0.2) is 6.10 Å². The molecule has 4 rings (SSSR count). The van der Waals surface area contributed by atoms with Gasteiger partial charge in [-0.15, -0.1) is 0 Å². The molecule has 0 aliphatic carbocycles. The van der Waals surface area contributed by atoms with E-state index in [9.17, 15) is 0 Å². The molecule has 3 aromatic carbocycles. The van der Waals surface area contributed by atoms with Crippen LogP contribution in [0.4, 0.5) is 0 Å². The number of nitrogens with zero attached hydrogens (tertiary/aromatic N) is 2. The number of rotatable bonds is 4. The first-order valence-corrected chi connectivity index (χ1v) is 8.54. The summed E-state index contributed by atoms with van der Waals surface area (Å²) in [6.45, 7) is 0. The zero-order valence-corrected chi connectivity index (χ0v) is 14.4. The zero-order chi connectivity index (χ0) is 18.5. The summed E-state index contributed by atoms with van der Waals surface area (Å²) in [4.78, 5) is 5.50. The van der Waals surface area contributed by atoms with Crippen molar-refractivity contribution in [3.8, 4) is 23.3 Å². The summed E-state index contributed by atoms with van der Waals surface area (Å²) < 4.78 is 11.5. The van der Waals surface area contributed by atoms with Crippen LogP contribution in [0, 0.1) is 11.3 Å². The lowest BCUT2D eigenvalue weighted by Gasteiger charge is -2.10. The third-order valence-corrected chi connectivity index (χ3v) is 4.09. The van der Waals surface area contributed by atoms with E-state index in [1.165, 1.54) is 0 Å². The molecule has 3 aromatic rings. The smallest absolute Gasteiger partial charge is 0.235 e. The van der Waals surface area contributed by atoms with Gasteiger partial charge in [0.2, 0.25) is 5.90 Å². The third-order valence-electron chi connectivity index (χ3n) is 4.09. The lowest BCUT2D eigenvalue weighted by atomic mass is 10.1. The highest BCUT2D eigenvalue weighted by Crippen LogP contribution is 2.30. The van der Waals surface area contributed by atoms with Crippen LogP contribution in [0.1, 0.15) is 23.7 Å². The van der Waals surface area contributed by atoms with Crippen molar-refractivity contribution in [1.29, 1.82) is 5.26 Å². The highest BCUT2D eigenvalue weighted by atomic mass is 16.7. The fraction of sp³-hybridized carbons (Fsp3) is 0.0909. The van der Waals surface area contributed by atoms with Crippen LogP contribution in [-0.4, -0.2) is 5.90 Å². The lowest BCUT2D eigenvalue weighted by Crippen LogP contribution is -2.07. The van der Waals surface area contributed by atoms with Crippen molar-refractivity contribution in [2.75, 3.05) is 0 Å². The maximum absolute atomic E-state index is 8.83. The maximum Gasteiger partial charge on any atom is 0.235 e. The molecule has 0 fully saturated rings. The van der Waals surface area contributed by atoms with Crippen molar-refractivity contribution in [3.05, 3.63) is 90.0 Å². The van der Waals surface area contributed by atoms with Gasteiger partial charge in [-0.05, 0) is 54.1 Å². The molecule has 0 amide bonds. The molecule has 5 heteroatoms. The zero-order valence-electron chi connectivity index (χ0n) is 14.4. The van der Waals surface area contributed by atoms with Crippen molar-refractivity contribution in [1.82, 2.24) is 0 Å². The number of ether oxygens (including phenoxy) is 2. The van der Waals surface area contributed by atoms with Crippen LogP contribution in [0.3, 0.4) is 0 Å². The van der Waals surface area contributed by atoms with E-state index >= 15 is 0 Å². The van der Waals surface area contributed by atoms with Crippen molar-refractivity contribution in [2.24, 2.45) is 5.16 Å². The molecule has 1 aliphatic rings. The highest BCUT2D eigenvalue weighted by Gasteiger charge is 2.24. The first kappa shape index (κ1) is 16.7. The number of para-hydroxylation sites is 1. The Bertz CT molecular complexity index is 975. The molecule has 0 aromatic heterocycles. The molecule has 0 radical (unpaired) electrons. The van der Waals surface area contributed by atoms with Crippen molar-refractivity contribution >= 4 is 5.90 Å². The van der Waals surface area contributed by atoms with Gasteiger partial charge in [-0.1, -0.05) is 35.5 Å². The summed E-state index contributed by atoms with van der Waals surface area (Å²) in [7, 11) is 0. The van der Waals surface area contributed by atoms with Crippen LogP contribution in [0.5, 0.6) is 17.2 Å². The van der Waals surface area contributed by atoms with Crippen LogP contribution in [0.15, 0.2) is 84.0 Å². The van der Waals surface area contributed by atoms with Crippen LogP contribution in [-0.2, 0) is 4.84 Å². The van der Waals surface area contributed by atoms with Gasteiger partial charge in [-0.2, -0.15) is 5.26 Å².